The molecule has 0 fully saturated rings. The van der Waals surface area contributed by atoms with Gasteiger partial charge < -0.3 is 10.6 Å². The molecule has 0 spiro atoms. The first-order valence-corrected chi connectivity index (χ1v) is 8.86. The normalized spacial score (nSPS) is 9.59. The van der Waals surface area contributed by atoms with Crippen LogP contribution < -0.4 is 5.73 Å². The molecule has 130 valence electrons. The van der Waals surface area contributed by atoms with Crippen molar-refractivity contribution in [3.63, 3.8) is 0 Å². The van der Waals surface area contributed by atoms with Crippen molar-refractivity contribution in [3.8, 4) is 0 Å². The van der Waals surface area contributed by atoms with Gasteiger partial charge in [-0.1, -0.05) is 64.5 Å². The summed E-state index contributed by atoms with van der Waals surface area (Å²) in [6.07, 6.45) is 14.4. The summed E-state index contributed by atoms with van der Waals surface area (Å²) in [4.78, 5) is 13.5. The molecule has 1 amide bonds. The Morgan fingerprint density at radius 1 is 0.955 bits per heavy atom. The molecule has 0 unspecified atom stereocenters. The molecule has 0 heterocycles. The van der Waals surface area contributed by atoms with Crippen LogP contribution >= 0.6 is 0 Å². The van der Waals surface area contributed by atoms with Crippen LogP contribution in [0.5, 0.6) is 0 Å². The van der Waals surface area contributed by atoms with Crippen LogP contribution in [0.2, 0.25) is 0 Å². The fourth-order valence-electron chi connectivity index (χ4n) is 2.18. The maximum Gasteiger partial charge on any atom is 0.245 e. The number of rotatable bonds is 13. The van der Waals surface area contributed by atoms with Crippen LogP contribution in [0, 0.1) is 0 Å². The average molecular weight is 311 g/mol. The van der Waals surface area contributed by atoms with Gasteiger partial charge in [0, 0.05) is 13.1 Å². The van der Waals surface area contributed by atoms with E-state index in [1.165, 1.54) is 51.0 Å². The molecule has 3 heteroatoms. The lowest BCUT2D eigenvalue weighted by Gasteiger charge is -2.20. The molecule has 2 N–H and O–H groups in total. The van der Waals surface area contributed by atoms with Crippen LogP contribution in [-0.4, -0.2) is 30.4 Å². The quantitative estimate of drug-likeness (QED) is 0.305. The van der Waals surface area contributed by atoms with Crippen molar-refractivity contribution in [2.75, 3.05) is 19.6 Å². The highest BCUT2D eigenvalue weighted by Crippen LogP contribution is 2.09. The van der Waals surface area contributed by atoms with Gasteiger partial charge in [0.1, 0.15) is 0 Å². The van der Waals surface area contributed by atoms with Crippen LogP contribution in [0.15, 0.2) is 25.3 Å². The first-order valence-electron chi connectivity index (χ1n) is 8.86. The van der Waals surface area contributed by atoms with Crippen molar-refractivity contribution in [2.24, 2.45) is 5.73 Å². The predicted octanol–water partition coefficient (Wildman–Crippen LogP) is 4.68. The summed E-state index contributed by atoms with van der Waals surface area (Å²) in [5.74, 6) is 0.0383. The first-order chi connectivity index (χ1) is 10.7. The molecule has 0 aliphatic heterocycles. The lowest BCUT2D eigenvalue weighted by Crippen LogP contribution is -2.32. The Hall–Kier alpha value is -1.09. The maximum atomic E-state index is 11.6. The zero-order chi connectivity index (χ0) is 17.1. The second kappa shape index (κ2) is 19.9. The Bertz CT molecular complexity index is 264. The minimum absolute atomic E-state index is 0.0383. The standard InChI is InChI=1S/C16H32N2O.C3H6/c1-3-5-6-7-8-9-10-11-14-18(15-12-13-17)16(19)4-2;1-3-2/h4H,2-3,5-15,17H2,1H3;3H,1H2,2H3. The first kappa shape index (κ1) is 23.2. The number of nitrogens with zero attached hydrogens (tertiary/aromatic N) is 1. The zero-order valence-electron chi connectivity index (χ0n) is 15.0. The molecule has 0 atom stereocenters. The topological polar surface area (TPSA) is 46.3 Å². The molecule has 0 aromatic carbocycles. The molecule has 0 aliphatic carbocycles. The van der Waals surface area contributed by atoms with Gasteiger partial charge in [-0.05, 0) is 32.4 Å². The molecule has 0 aliphatic rings. The highest BCUT2D eigenvalue weighted by molar-refractivity contribution is 5.86. The fraction of sp³-hybridized carbons (Fsp3) is 0.737. The molecule has 0 aromatic heterocycles. The summed E-state index contributed by atoms with van der Waals surface area (Å²) in [6.45, 7) is 13.3. The van der Waals surface area contributed by atoms with Crippen LogP contribution in [0.4, 0.5) is 0 Å². The number of amides is 1. The van der Waals surface area contributed by atoms with Crippen molar-refractivity contribution in [2.45, 2.75) is 71.6 Å². The number of carbonyl (C=O) groups excluding carboxylic acids is 1. The summed E-state index contributed by atoms with van der Waals surface area (Å²) in [5.41, 5.74) is 5.49. The van der Waals surface area contributed by atoms with E-state index in [0.29, 0.717) is 6.54 Å². The molecule has 0 saturated heterocycles. The summed E-state index contributed by atoms with van der Waals surface area (Å²) in [5, 5.41) is 0. The minimum atomic E-state index is 0.0383. The smallest absolute Gasteiger partial charge is 0.245 e. The van der Waals surface area contributed by atoms with Gasteiger partial charge in [-0.15, -0.1) is 6.58 Å². The highest BCUT2D eigenvalue weighted by Gasteiger charge is 2.08. The third kappa shape index (κ3) is 17.0. The molecule has 0 radical (unpaired) electrons. The van der Waals surface area contributed by atoms with Gasteiger partial charge in [-0.2, -0.15) is 0 Å². The number of hydrogen-bond donors (Lipinski definition) is 1. The van der Waals surface area contributed by atoms with E-state index >= 15 is 0 Å². The lowest BCUT2D eigenvalue weighted by molar-refractivity contribution is -0.126. The monoisotopic (exact) mass is 310 g/mol. The number of allylic oxidation sites excluding steroid dienone is 1. The van der Waals surface area contributed by atoms with E-state index < -0.39 is 0 Å². The molecule has 0 bridgehead atoms. The number of unbranched alkanes of at least 4 members (excludes halogenated alkanes) is 7. The highest BCUT2D eigenvalue weighted by atomic mass is 16.2. The van der Waals surface area contributed by atoms with E-state index in [9.17, 15) is 4.79 Å². The fourth-order valence-corrected chi connectivity index (χ4v) is 2.18. The Morgan fingerprint density at radius 2 is 1.41 bits per heavy atom. The Kier molecular flexibility index (Phi) is 21.0. The van der Waals surface area contributed by atoms with E-state index in [0.717, 1.165) is 25.9 Å². The van der Waals surface area contributed by atoms with Crippen molar-refractivity contribution in [3.05, 3.63) is 25.3 Å². The van der Waals surface area contributed by atoms with Gasteiger partial charge in [0.25, 0.3) is 0 Å². The van der Waals surface area contributed by atoms with E-state index in [1.54, 1.807) is 6.08 Å². The molecule has 3 nitrogen and oxygen atoms in total. The summed E-state index contributed by atoms with van der Waals surface area (Å²) in [7, 11) is 0. The molecule has 0 rings (SSSR count). The van der Waals surface area contributed by atoms with Crippen molar-refractivity contribution < 1.29 is 4.79 Å². The third-order valence-electron chi connectivity index (χ3n) is 3.40. The number of hydrogen-bond acceptors (Lipinski definition) is 2. The second-order valence-electron chi connectivity index (χ2n) is 5.55. The molecule has 0 aromatic rings. The van der Waals surface area contributed by atoms with Gasteiger partial charge in [0.15, 0.2) is 0 Å². The van der Waals surface area contributed by atoms with Gasteiger partial charge in [0.2, 0.25) is 5.91 Å². The van der Waals surface area contributed by atoms with E-state index in [1.807, 2.05) is 11.8 Å². The van der Waals surface area contributed by atoms with Crippen LogP contribution in [-0.2, 0) is 4.79 Å². The van der Waals surface area contributed by atoms with Gasteiger partial charge in [0.05, 0.1) is 0 Å². The second-order valence-corrected chi connectivity index (χ2v) is 5.55. The molecular formula is C19H38N2O. The number of nitrogens with two attached hydrogens (primary N) is 1. The van der Waals surface area contributed by atoms with Gasteiger partial charge in [-0.3, -0.25) is 4.79 Å². The summed E-state index contributed by atoms with van der Waals surface area (Å²) in [6, 6.07) is 0. The third-order valence-corrected chi connectivity index (χ3v) is 3.40. The summed E-state index contributed by atoms with van der Waals surface area (Å²) < 4.78 is 0. The van der Waals surface area contributed by atoms with E-state index in [4.69, 9.17) is 5.73 Å². The zero-order valence-corrected chi connectivity index (χ0v) is 15.0. The van der Waals surface area contributed by atoms with Gasteiger partial charge >= 0.3 is 0 Å². The summed E-state index contributed by atoms with van der Waals surface area (Å²) >= 11 is 0. The maximum absolute atomic E-state index is 11.6. The van der Waals surface area contributed by atoms with Crippen LogP contribution in [0.1, 0.15) is 71.6 Å². The molecule has 0 saturated carbocycles. The van der Waals surface area contributed by atoms with Crippen molar-refractivity contribution in [1.82, 2.24) is 4.90 Å². The van der Waals surface area contributed by atoms with Gasteiger partial charge in [-0.25, -0.2) is 0 Å². The molecular weight excluding hydrogens is 272 g/mol. The van der Waals surface area contributed by atoms with Crippen LogP contribution in [0.3, 0.4) is 0 Å². The Morgan fingerprint density at radius 3 is 1.86 bits per heavy atom. The predicted molar refractivity (Wildman–Crippen MR) is 98.9 cm³/mol. The Balaban J connectivity index is 0. The van der Waals surface area contributed by atoms with Crippen molar-refractivity contribution >= 4 is 5.91 Å². The van der Waals surface area contributed by atoms with E-state index in [-0.39, 0.29) is 5.91 Å². The van der Waals surface area contributed by atoms with E-state index in [2.05, 4.69) is 20.1 Å². The largest absolute Gasteiger partial charge is 0.339 e. The number of carbonyl (C=O) groups is 1. The average Bonchev–Trinajstić information content (AvgIpc) is 2.52. The Labute approximate surface area is 138 Å². The van der Waals surface area contributed by atoms with Crippen molar-refractivity contribution in [1.29, 1.82) is 0 Å². The minimum Gasteiger partial charge on any atom is -0.339 e. The molecule has 22 heavy (non-hydrogen) atoms. The lowest BCUT2D eigenvalue weighted by atomic mass is 10.1. The van der Waals surface area contributed by atoms with Crippen LogP contribution in [0.25, 0.3) is 0 Å². The SMILES string of the molecule is C=CC.C=CC(=O)N(CCCN)CCCCCCCCCC.